The number of rotatable bonds is 12. The number of nitrogens with one attached hydrogen (secondary N) is 1. The van der Waals surface area contributed by atoms with Gasteiger partial charge in [0.15, 0.2) is 0 Å². The van der Waals surface area contributed by atoms with Gasteiger partial charge in [-0.1, -0.05) is 53.5 Å². The molecule has 9 nitrogen and oxygen atoms in total. The van der Waals surface area contributed by atoms with Crippen molar-refractivity contribution < 1.29 is 27.5 Å². The molecule has 1 aromatic heterocycles. The number of nitrogens with zero attached hydrogens (tertiary/aromatic N) is 1. The van der Waals surface area contributed by atoms with E-state index in [0.29, 0.717) is 22.9 Å². The van der Waals surface area contributed by atoms with Crippen LogP contribution < -0.4 is 15.0 Å². The van der Waals surface area contributed by atoms with Crippen molar-refractivity contribution in [1.82, 2.24) is 9.29 Å². The number of carbonyl (C=O) groups excluding carboxylic acids is 2. The topological polar surface area (TPSA) is 121 Å². The number of sulfonamides is 1. The van der Waals surface area contributed by atoms with E-state index in [1.54, 1.807) is 25.3 Å². The van der Waals surface area contributed by atoms with Crippen LogP contribution >= 0.6 is 23.2 Å². The van der Waals surface area contributed by atoms with Gasteiger partial charge in [-0.2, -0.15) is 0 Å². The quantitative estimate of drug-likeness (QED) is 0.236. The first-order valence-corrected chi connectivity index (χ1v) is 14.6. The second kappa shape index (κ2) is 14.2. The van der Waals surface area contributed by atoms with Crippen molar-refractivity contribution in [2.45, 2.75) is 26.3 Å². The molecule has 0 unspecified atom stereocenters. The first-order chi connectivity index (χ1) is 19.0. The number of hydrogen-bond donors (Lipinski definition) is 1. The zero-order valence-electron chi connectivity index (χ0n) is 21.9. The van der Waals surface area contributed by atoms with Crippen molar-refractivity contribution >= 4 is 57.3 Å². The molecule has 3 rings (SSSR count). The maximum atomic E-state index is 12.9. The monoisotopic (exact) mass is 606 g/mol. The second-order valence-corrected chi connectivity index (χ2v) is 11.3. The van der Waals surface area contributed by atoms with Gasteiger partial charge in [0.1, 0.15) is 10.8 Å². The number of carbonyl (C=O) groups is 2. The van der Waals surface area contributed by atoms with E-state index in [1.165, 1.54) is 29.7 Å². The molecule has 1 N–H and O–H groups in total. The van der Waals surface area contributed by atoms with E-state index in [1.807, 2.05) is 35.1 Å². The number of pyridine rings is 1. The van der Waals surface area contributed by atoms with Gasteiger partial charge in [0, 0.05) is 19.0 Å². The molecule has 2 aromatic carbocycles. The normalized spacial score (nSPS) is 11.4. The largest absolute Gasteiger partial charge is 0.497 e. The number of aryl methyl sites for hydroxylation is 1. The average Bonchev–Trinajstić information content (AvgIpc) is 2.91. The SMILES string of the molecule is COc1cccc(C=Cc2c(Cl)cc(Cl)c(=O)n2CCc2ccc(C(=O)NS(=O)(=O)CCCOC(C)=O)cc2)c1. The third-order valence-corrected chi connectivity index (χ3v) is 7.61. The highest BCUT2D eigenvalue weighted by Crippen LogP contribution is 2.22. The Bertz CT molecular complexity index is 1570. The Labute approximate surface area is 242 Å². The third kappa shape index (κ3) is 8.97. The molecular weight excluding hydrogens is 579 g/mol. The molecule has 1 heterocycles. The molecule has 0 aliphatic rings. The highest BCUT2D eigenvalue weighted by molar-refractivity contribution is 7.90. The van der Waals surface area contributed by atoms with Crippen LogP contribution in [-0.2, 0) is 32.5 Å². The lowest BCUT2D eigenvalue weighted by molar-refractivity contribution is -0.140. The Morgan fingerprint density at radius 3 is 2.42 bits per heavy atom. The Hall–Kier alpha value is -3.60. The summed E-state index contributed by atoms with van der Waals surface area (Å²) in [7, 11) is -2.32. The number of halogens is 2. The summed E-state index contributed by atoms with van der Waals surface area (Å²) in [5.41, 5.74) is 1.88. The van der Waals surface area contributed by atoms with Gasteiger partial charge in [-0.15, -0.1) is 0 Å². The predicted octanol–water partition coefficient (Wildman–Crippen LogP) is 4.59. The van der Waals surface area contributed by atoms with Gasteiger partial charge in [-0.3, -0.25) is 14.4 Å². The first kappa shape index (κ1) is 30.9. The molecule has 12 heteroatoms. The number of aromatic nitrogens is 1. The minimum Gasteiger partial charge on any atom is -0.497 e. The second-order valence-electron chi connectivity index (χ2n) is 8.68. The summed E-state index contributed by atoms with van der Waals surface area (Å²) in [6.07, 6.45) is 4.01. The maximum absolute atomic E-state index is 12.9. The molecule has 3 aromatic rings. The fourth-order valence-electron chi connectivity index (χ4n) is 3.71. The van der Waals surface area contributed by atoms with Crippen molar-refractivity contribution in [2.75, 3.05) is 19.5 Å². The van der Waals surface area contributed by atoms with Gasteiger partial charge in [0.25, 0.3) is 11.5 Å². The highest BCUT2D eigenvalue weighted by atomic mass is 35.5. The van der Waals surface area contributed by atoms with Gasteiger partial charge in [0.2, 0.25) is 10.0 Å². The van der Waals surface area contributed by atoms with Crippen LogP contribution in [0.2, 0.25) is 10.0 Å². The van der Waals surface area contributed by atoms with Gasteiger partial charge in [-0.25, -0.2) is 13.1 Å². The van der Waals surface area contributed by atoms with E-state index in [9.17, 15) is 22.8 Å². The van der Waals surface area contributed by atoms with Crippen LogP contribution in [-0.4, -0.2) is 44.3 Å². The molecule has 40 heavy (non-hydrogen) atoms. The average molecular weight is 608 g/mol. The van der Waals surface area contributed by atoms with Crippen molar-refractivity contribution in [1.29, 1.82) is 0 Å². The van der Waals surface area contributed by atoms with Gasteiger partial charge in [0.05, 0.1) is 30.2 Å². The summed E-state index contributed by atoms with van der Waals surface area (Å²) in [6, 6.07) is 15.1. The predicted molar refractivity (Wildman–Crippen MR) is 155 cm³/mol. The number of ether oxygens (including phenoxy) is 2. The van der Waals surface area contributed by atoms with E-state index < -0.39 is 27.5 Å². The van der Waals surface area contributed by atoms with Crippen LogP contribution in [0.5, 0.6) is 5.75 Å². The summed E-state index contributed by atoms with van der Waals surface area (Å²) in [6.45, 7) is 1.42. The summed E-state index contributed by atoms with van der Waals surface area (Å²) < 4.78 is 37.7. The zero-order valence-corrected chi connectivity index (χ0v) is 24.2. The van der Waals surface area contributed by atoms with E-state index in [2.05, 4.69) is 0 Å². The highest BCUT2D eigenvalue weighted by Gasteiger charge is 2.16. The van der Waals surface area contributed by atoms with Crippen LogP contribution in [0.15, 0.2) is 59.4 Å². The third-order valence-electron chi connectivity index (χ3n) is 5.72. The molecule has 0 bridgehead atoms. The van der Waals surface area contributed by atoms with Gasteiger partial charge < -0.3 is 14.0 Å². The molecule has 0 aliphatic carbocycles. The lowest BCUT2D eigenvalue weighted by Gasteiger charge is -2.13. The Morgan fingerprint density at radius 1 is 1.02 bits per heavy atom. The number of hydrogen-bond acceptors (Lipinski definition) is 7. The van der Waals surface area contributed by atoms with Crippen LogP contribution in [0.25, 0.3) is 12.2 Å². The molecule has 212 valence electrons. The Morgan fingerprint density at radius 2 is 1.75 bits per heavy atom. The van der Waals surface area contributed by atoms with E-state index in [-0.39, 0.29) is 35.9 Å². The Balaban J connectivity index is 1.70. The lowest BCUT2D eigenvalue weighted by Crippen LogP contribution is -2.33. The molecule has 0 fully saturated rings. The first-order valence-electron chi connectivity index (χ1n) is 12.2. The van der Waals surface area contributed by atoms with Crippen LogP contribution in [0.4, 0.5) is 0 Å². The van der Waals surface area contributed by atoms with Crippen molar-refractivity contribution in [3.05, 3.63) is 97.4 Å². The molecular formula is C28H28Cl2N2O7S. The van der Waals surface area contributed by atoms with Crippen molar-refractivity contribution in [2.24, 2.45) is 0 Å². The van der Waals surface area contributed by atoms with Gasteiger partial charge in [-0.05, 0) is 60.4 Å². The van der Waals surface area contributed by atoms with Gasteiger partial charge >= 0.3 is 5.97 Å². The molecule has 0 atom stereocenters. The zero-order chi connectivity index (χ0) is 29.3. The summed E-state index contributed by atoms with van der Waals surface area (Å²) in [4.78, 5) is 36.1. The minimum atomic E-state index is -3.90. The number of methoxy groups -OCH3 is 1. The number of benzene rings is 2. The molecule has 0 aliphatic heterocycles. The van der Waals surface area contributed by atoms with E-state index >= 15 is 0 Å². The molecule has 0 saturated heterocycles. The summed E-state index contributed by atoms with van der Waals surface area (Å²) in [5.74, 6) is -0.960. The minimum absolute atomic E-state index is 0.00962. The van der Waals surface area contributed by atoms with Crippen molar-refractivity contribution in [3.8, 4) is 5.75 Å². The Kier molecular flexibility index (Phi) is 10.9. The van der Waals surface area contributed by atoms with Crippen LogP contribution in [0.3, 0.4) is 0 Å². The van der Waals surface area contributed by atoms with Crippen LogP contribution in [0.1, 0.15) is 40.5 Å². The standard InChI is InChI=1S/C28H28Cl2N2O7S/c1-19(33)39-15-4-16-40(36,37)31-27(34)22-10-7-20(8-11-22)13-14-32-26(24(29)18-25(30)28(32)35)12-9-21-5-3-6-23(17-21)38-2/h3,5-12,17-18H,4,13-16H2,1-2H3,(H,31,34). The summed E-state index contributed by atoms with van der Waals surface area (Å²) >= 11 is 12.6. The van der Waals surface area contributed by atoms with E-state index in [4.69, 9.17) is 32.7 Å². The van der Waals surface area contributed by atoms with E-state index in [0.717, 1.165) is 11.1 Å². The fourth-order valence-corrected chi connectivity index (χ4v) is 5.25. The maximum Gasteiger partial charge on any atom is 0.302 e. The number of esters is 1. The molecule has 0 spiro atoms. The lowest BCUT2D eigenvalue weighted by atomic mass is 10.1. The summed E-state index contributed by atoms with van der Waals surface area (Å²) in [5, 5.41) is 0.300. The molecule has 1 amide bonds. The molecule has 0 radical (unpaired) electrons. The van der Waals surface area contributed by atoms with Crippen LogP contribution in [0, 0.1) is 0 Å². The fraction of sp³-hybridized carbons (Fsp3) is 0.250. The number of amides is 1. The van der Waals surface area contributed by atoms with Crippen molar-refractivity contribution in [3.63, 3.8) is 0 Å². The molecule has 0 saturated carbocycles. The smallest absolute Gasteiger partial charge is 0.302 e.